The van der Waals surface area contributed by atoms with Crippen LogP contribution in [0, 0.1) is 0 Å². The maximum absolute atomic E-state index is 9.84. The fraction of sp³-hybridized carbons (Fsp3) is 0.571. The van der Waals surface area contributed by atoms with Crippen molar-refractivity contribution >= 4 is 11.6 Å². The molecule has 0 aromatic heterocycles. The van der Waals surface area contributed by atoms with Crippen molar-refractivity contribution in [1.82, 2.24) is 4.90 Å². The quantitative estimate of drug-likeness (QED) is 0.922. The molecule has 0 saturated heterocycles. The van der Waals surface area contributed by atoms with Crippen LogP contribution in [-0.2, 0) is 17.9 Å². The molecule has 1 aliphatic heterocycles. The third kappa shape index (κ3) is 4.08. The minimum absolute atomic E-state index is 0.275. The van der Waals surface area contributed by atoms with Gasteiger partial charge in [0.25, 0.3) is 0 Å². The highest BCUT2D eigenvalue weighted by Crippen LogP contribution is 2.32. The Morgan fingerprint density at radius 2 is 2.16 bits per heavy atom. The molecule has 0 spiro atoms. The lowest BCUT2D eigenvalue weighted by molar-refractivity contribution is -0.0178. The number of fused-ring (bicyclic) bond motifs is 1. The molecule has 0 unspecified atom stereocenters. The van der Waals surface area contributed by atoms with Crippen LogP contribution < -0.4 is 4.74 Å². The molecule has 0 radical (unpaired) electrons. The Morgan fingerprint density at radius 3 is 2.84 bits per heavy atom. The molecule has 0 aliphatic carbocycles. The molecular weight excluding hydrogens is 266 g/mol. The molecule has 106 valence electrons. The van der Waals surface area contributed by atoms with Crippen molar-refractivity contribution in [2.45, 2.75) is 32.6 Å². The third-order valence-electron chi connectivity index (χ3n) is 2.85. The van der Waals surface area contributed by atoms with E-state index in [-0.39, 0.29) is 6.79 Å². The lowest BCUT2D eigenvalue weighted by Crippen LogP contribution is -2.36. The number of likely N-dealkylation sites (N-methyl/N-ethyl adjacent to an activating group) is 1. The Morgan fingerprint density at radius 1 is 1.42 bits per heavy atom. The summed E-state index contributed by atoms with van der Waals surface area (Å²) < 4.78 is 10.8. The van der Waals surface area contributed by atoms with Crippen molar-refractivity contribution in [3.63, 3.8) is 0 Å². The molecule has 0 bridgehead atoms. The molecule has 1 heterocycles. The maximum atomic E-state index is 9.84. The Balaban J connectivity index is 2.18. The molecule has 1 aromatic carbocycles. The first-order valence-electron chi connectivity index (χ1n) is 6.28. The van der Waals surface area contributed by atoms with E-state index < -0.39 is 5.60 Å². The second-order valence-corrected chi connectivity index (χ2v) is 6.08. The second-order valence-electron chi connectivity index (χ2n) is 5.65. The lowest BCUT2D eigenvalue weighted by atomic mass is 10.1. The minimum Gasteiger partial charge on any atom is -0.467 e. The van der Waals surface area contributed by atoms with Crippen LogP contribution in [0.4, 0.5) is 0 Å². The summed E-state index contributed by atoms with van der Waals surface area (Å²) >= 11 is 6.12. The van der Waals surface area contributed by atoms with Gasteiger partial charge in [-0.25, -0.2) is 0 Å². The van der Waals surface area contributed by atoms with Crippen LogP contribution in [0.2, 0.25) is 5.02 Å². The Kier molecular flexibility index (Phi) is 4.36. The van der Waals surface area contributed by atoms with Crippen LogP contribution in [0.25, 0.3) is 0 Å². The first-order chi connectivity index (χ1) is 8.85. The topological polar surface area (TPSA) is 41.9 Å². The second kappa shape index (κ2) is 5.67. The smallest absolute Gasteiger partial charge is 0.189 e. The largest absolute Gasteiger partial charge is 0.467 e. The van der Waals surface area contributed by atoms with Crippen LogP contribution in [-0.4, -0.2) is 36.0 Å². The highest BCUT2D eigenvalue weighted by molar-refractivity contribution is 6.30. The van der Waals surface area contributed by atoms with Gasteiger partial charge in [-0.15, -0.1) is 0 Å². The molecule has 0 amide bonds. The highest BCUT2D eigenvalue weighted by Gasteiger charge is 2.20. The first-order valence-corrected chi connectivity index (χ1v) is 6.66. The van der Waals surface area contributed by atoms with Gasteiger partial charge in [0.05, 0.1) is 12.2 Å². The van der Waals surface area contributed by atoms with E-state index in [1.165, 1.54) is 0 Å². The standard InChI is InChI=1S/C14H20ClNO3/c1-14(2,17)8-16(3)6-10-4-12(15)5-11-7-18-9-19-13(10)11/h4-5,17H,6-9H2,1-3H3. The molecule has 0 atom stereocenters. The summed E-state index contributed by atoms with van der Waals surface area (Å²) in [7, 11) is 1.96. The van der Waals surface area contributed by atoms with Crippen LogP contribution in [0.15, 0.2) is 12.1 Å². The zero-order chi connectivity index (χ0) is 14.0. The van der Waals surface area contributed by atoms with Gasteiger partial charge in [0, 0.05) is 29.2 Å². The molecule has 1 N–H and O–H groups in total. The van der Waals surface area contributed by atoms with Crippen molar-refractivity contribution in [1.29, 1.82) is 0 Å². The minimum atomic E-state index is -0.725. The normalized spacial score (nSPS) is 15.3. The summed E-state index contributed by atoms with van der Waals surface area (Å²) in [5, 5.41) is 10.5. The summed E-state index contributed by atoms with van der Waals surface area (Å²) in [4.78, 5) is 2.05. The monoisotopic (exact) mass is 285 g/mol. The maximum Gasteiger partial charge on any atom is 0.189 e. The van der Waals surface area contributed by atoms with E-state index in [0.29, 0.717) is 24.7 Å². The predicted molar refractivity (Wildman–Crippen MR) is 74.4 cm³/mol. The van der Waals surface area contributed by atoms with E-state index in [1.807, 2.05) is 24.1 Å². The number of hydrogen-bond acceptors (Lipinski definition) is 4. The van der Waals surface area contributed by atoms with E-state index in [0.717, 1.165) is 16.9 Å². The van der Waals surface area contributed by atoms with Crippen molar-refractivity contribution in [3.05, 3.63) is 28.3 Å². The number of halogens is 1. The van der Waals surface area contributed by atoms with Crippen molar-refractivity contribution in [3.8, 4) is 5.75 Å². The zero-order valence-electron chi connectivity index (χ0n) is 11.6. The molecule has 1 aliphatic rings. The van der Waals surface area contributed by atoms with Gasteiger partial charge in [0.2, 0.25) is 0 Å². The van der Waals surface area contributed by atoms with Gasteiger partial charge in [0.1, 0.15) is 5.75 Å². The Labute approximate surface area is 118 Å². The van der Waals surface area contributed by atoms with Gasteiger partial charge in [-0.2, -0.15) is 0 Å². The van der Waals surface area contributed by atoms with Crippen LogP contribution in [0.3, 0.4) is 0 Å². The summed E-state index contributed by atoms with van der Waals surface area (Å²) in [5.41, 5.74) is 1.28. The highest BCUT2D eigenvalue weighted by atomic mass is 35.5. The average molecular weight is 286 g/mol. The molecule has 0 fully saturated rings. The predicted octanol–water partition coefficient (Wildman–Crippen LogP) is 2.41. The number of benzene rings is 1. The van der Waals surface area contributed by atoms with Crippen molar-refractivity contribution in [2.24, 2.45) is 0 Å². The first kappa shape index (κ1) is 14.6. The summed E-state index contributed by atoms with van der Waals surface area (Å²) in [6.07, 6.45) is 0. The number of aliphatic hydroxyl groups is 1. The zero-order valence-corrected chi connectivity index (χ0v) is 12.3. The number of ether oxygens (including phenoxy) is 2. The molecule has 4 nitrogen and oxygen atoms in total. The van der Waals surface area contributed by atoms with Crippen LogP contribution in [0.5, 0.6) is 5.75 Å². The fourth-order valence-electron chi connectivity index (χ4n) is 2.38. The van der Waals surface area contributed by atoms with Gasteiger partial charge < -0.3 is 14.6 Å². The lowest BCUT2D eigenvalue weighted by Gasteiger charge is -2.27. The van der Waals surface area contributed by atoms with E-state index in [2.05, 4.69) is 0 Å². The van der Waals surface area contributed by atoms with E-state index in [9.17, 15) is 5.11 Å². The van der Waals surface area contributed by atoms with Crippen molar-refractivity contribution in [2.75, 3.05) is 20.4 Å². The van der Waals surface area contributed by atoms with Gasteiger partial charge in [-0.3, -0.25) is 4.90 Å². The number of rotatable bonds is 4. The number of nitrogens with zero attached hydrogens (tertiary/aromatic N) is 1. The summed E-state index contributed by atoms with van der Waals surface area (Å²) in [6.45, 7) is 5.63. The molecule has 1 aromatic rings. The van der Waals surface area contributed by atoms with Crippen LogP contribution >= 0.6 is 11.6 Å². The molecule has 2 rings (SSSR count). The van der Waals surface area contributed by atoms with Gasteiger partial charge in [-0.1, -0.05) is 11.6 Å². The van der Waals surface area contributed by atoms with Gasteiger partial charge in [0.15, 0.2) is 6.79 Å². The van der Waals surface area contributed by atoms with Crippen molar-refractivity contribution < 1.29 is 14.6 Å². The average Bonchev–Trinajstić information content (AvgIpc) is 2.25. The summed E-state index contributed by atoms with van der Waals surface area (Å²) in [6, 6.07) is 3.78. The Hall–Kier alpha value is -0.810. The van der Waals surface area contributed by atoms with Crippen LogP contribution in [0.1, 0.15) is 25.0 Å². The van der Waals surface area contributed by atoms with E-state index in [4.69, 9.17) is 21.1 Å². The van der Waals surface area contributed by atoms with E-state index in [1.54, 1.807) is 13.8 Å². The molecule has 0 saturated carbocycles. The molecule has 19 heavy (non-hydrogen) atoms. The Bertz CT molecular complexity index is 457. The SMILES string of the molecule is CN(Cc1cc(Cl)cc2c1OCOC2)CC(C)(C)O. The molecular formula is C14H20ClNO3. The molecule has 5 heteroatoms. The van der Waals surface area contributed by atoms with Gasteiger partial charge >= 0.3 is 0 Å². The van der Waals surface area contributed by atoms with Gasteiger partial charge in [-0.05, 0) is 33.0 Å². The number of hydrogen-bond donors (Lipinski definition) is 1. The fourth-order valence-corrected chi connectivity index (χ4v) is 2.64. The summed E-state index contributed by atoms with van der Waals surface area (Å²) in [5.74, 6) is 0.859. The van der Waals surface area contributed by atoms with E-state index >= 15 is 0 Å². The third-order valence-corrected chi connectivity index (χ3v) is 3.07.